The number of hydrogen-bond donors (Lipinski definition) is 0. The maximum absolute atomic E-state index is 13.4. The molecule has 0 radical (unpaired) electrons. The van der Waals surface area contributed by atoms with E-state index in [1.54, 1.807) is 18.2 Å². The first-order valence-corrected chi connectivity index (χ1v) is 27.7. The smallest absolute Gasteiger partial charge is 1.00 e. The van der Waals surface area contributed by atoms with E-state index in [1.807, 2.05) is 131 Å². The standard InChI is InChI=1S/C21H21NO3S.C15H17NO2.C15H15NO2.C7H8O2S.K.H/c23-20-19(26(24)17-9-5-2-6-10-17)13-21(16-11-12-16)22(20)18(14-25-21)15-7-3-1-4-8-15;2*17-14-8-9-15(12-6-7-12)16(14)13(10-18-15)11-4-2-1-3-5-11;1-9-10(8)7-5-3-2-4-6-7;;/h1-10,16,18-19H,11-14H2;1-5,12-13H,6-10H2;1-5,8-9,12-13H,6-7,10H2;2-6H,1H3;;/q;;;;+1;-1/t18-,19?,21+,26?;2*13-,15+;;;/m111.../s1. The molecule has 0 aromatic heterocycles. The van der Waals surface area contributed by atoms with Crippen molar-refractivity contribution in [2.75, 3.05) is 26.9 Å². The molecule has 73 heavy (non-hydrogen) atoms. The number of hydrogen-bond acceptors (Lipinski definition) is 9. The van der Waals surface area contributed by atoms with Gasteiger partial charge in [0.25, 0.3) is 0 Å². The van der Waals surface area contributed by atoms with E-state index in [2.05, 4.69) is 33.3 Å². The molecule has 376 valence electrons. The number of fused-ring (bicyclic) bond motifs is 3. The summed E-state index contributed by atoms with van der Waals surface area (Å²) in [6.07, 6.45) is 12.6. The molecule has 0 bridgehead atoms. The normalized spacial score (nSPS) is 30.2. The van der Waals surface area contributed by atoms with E-state index in [1.165, 1.54) is 25.5 Å². The molecule has 3 amide bonds. The number of rotatable bonds is 10. The summed E-state index contributed by atoms with van der Waals surface area (Å²) in [5, 5.41) is -0.524. The summed E-state index contributed by atoms with van der Waals surface area (Å²) in [6, 6.07) is 49.0. The van der Waals surface area contributed by atoms with Gasteiger partial charge in [0.15, 0.2) is 16.8 Å². The molecular formula is C58H62KN3O9S2. The van der Waals surface area contributed by atoms with Gasteiger partial charge in [0, 0.05) is 48.0 Å². The van der Waals surface area contributed by atoms with E-state index >= 15 is 0 Å². The quantitative estimate of drug-likeness (QED) is 0.144. The van der Waals surface area contributed by atoms with Crippen molar-refractivity contribution in [2.45, 2.75) is 108 Å². The molecule has 6 aliphatic heterocycles. The van der Waals surface area contributed by atoms with Crippen molar-refractivity contribution in [3.05, 3.63) is 181 Å². The van der Waals surface area contributed by atoms with E-state index < -0.39 is 38.6 Å². The van der Waals surface area contributed by atoms with Crippen LogP contribution in [0.2, 0.25) is 0 Å². The van der Waals surface area contributed by atoms with E-state index in [4.69, 9.17) is 14.2 Å². The average molecular weight is 1050 g/mol. The zero-order valence-electron chi connectivity index (χ0n) is 42.4. The van der Waals surface area contributed by atoms with Crippen molar-refractivity contribution >= 4 is 39.6 Å². The van der Waals surface area contributed by atoms with Gasteiger partial charge < -0.3 is 25.4 Å². The third-order valence-electron chi connectivity index (χ3n) is 15.7. The van der Waals surface area contributed by atoms with Crippen molar-refractivity contribution < 1.29 is 94.0 Å². The van der Waals surface area contributed by atoms with Gasteiger partial charge in [0.2, 0.25) is 17.7 Å². The Morgan fingerprint density at radius 2 is 0.986 bits per heavy atom. The molecule has 5 aromatic carbocycles. The largest absolute Gasteiger partial charge is 1.00 e. The zero-order chi connectivity index (χ0) is 49.5. The summed E-state index contributed by atoms with van der Waals surface area (Å²) < 4.78 is 47.1. The molecule has 9 atom stereocenters. The van der Waals surface area contributed by atoms with Crippen LogP contribution in [0, 0.1) is 17.8 Å². The van der Waals surface area contributed by atoms with Crippen LogP contribution in [0.5, 0.6) is 0 Å². The Labute approximate surface area is 477 Å². The van der Waals surface area contributed by atoms with E-state index in [0.29, 0.717) is 60.2 Å². The molecule has 12 nitrogen and oxygen atoms in total. The van der Waals surface area contributed by atoms with Crippen LogP contribution in [-0.4, -0.2) is 90.2 Å². The number of benzene rings is 5. The Balaban J connectivity index is 0.000000126. The molecule has 9 aliphatic rings. The fourth-order valence-electron chi connectivity index (χ4n) is 11.9. The van der Waals surface area contributed by atoms with Crippen LogP contribution in [-0.2, 0) is 54.7 Å². The number of ether oxygens (including phenoxy) is 3. The molecule has 6 heterocycles. The van der Waals surface area contributed by atoms with Crippen LogP contribution in [0.3, 0.4) is 0 Å². The van der Waals surface area contributed by atoms with Crippen LogP contribution in [0.15, 0.2) is 174 Å². The summed E-state index contributed by atoms with van der Waals surface area (Å²) in [4.78, 5) is 45.1. The van der Waals surface area contributed by atoms with Gasteiger partial charge in [-0.2, -0.15) is 0 Å². The minimum Gasteiger partial charge on any atom is -1.00 e. The summed E-state index contributed by atoms with van der Waals surface area (Å²) in [6.45, 7) is 1.79. The molecule has 0 spiro atoms. The van der Waals surface area contributed by atoms with Crippen LogP contribution in [0.1, 0.15) is 94.0 Å². The van der Waals surface area contributed by atoms with Gasteiger partial charge >= 0.3 is 51.4 Å². The molecule has 15 heteroatoms. The zero-order valence-corrected chi connectivity index (χ0v) is 46.2. The third-order valence-corrected chi connectivity index (χ3v) is 18.3. The van der Waals surface area contributed by atoms with Gasteiger partial charge in [-0.15, -0.1) is 0 Å². The Morgan fingerprint density at radius 1 is 0.548 bits per heavy atom. The van der Waals surface area contributed by atoms with Crippen LogP contribution in [0.25, 0.3) is 0 Å². The fourth-order valence-corrected chi connectivity index (χ4v) is 13.9. The number of nitrogens with zero attached hydrogens (tertiary/aromatic N) is 3. The third kappa shape index (κ3) is 10.3. The Bertz CT molecular complexity index is 2790. The minimum absolute atomic E-state index is 0. The van der Waals surface area contributed by atoms with Gasteiger partial charge in [-0.3, -0.25) is 27.7 Å². The van der Waals surface area contributed by atoms with E-state index in [-0.39, 0.29) is 94.4 Å². The molecular weight excluding hydrogens is 986 g/mol. The maximum atomic E-state index is 13.4. The molecule has 5 aromatic rings. The Morgan fingerprint density at radius 3 is 1.49 bits per heavy atom. The predicted octanol–water partition coefficient (Wildman–Crippen LogP) is 6.49. The molecule has 8 fully saturated rings. The Hall–Kier alpha value is -3.97. The van der Waals surface area contributed by atoms with Crippen LogP contribution < -0.4 is 51.4 Å². The van der Waals surface area contributed by atoms with Crippen molar-refractivity contribution in [3.8, 4) is 0 Å². The van der Waals surface area contributed by atoms with Gasteiger partial charge in [-0.05, 0) is 85.6 Å². The van der Waals surface area contributed by atoms with Crippen LogP contribution >= 0.6 is 0 Å². The van der Waals surface area contributed by atoms with Crippen molar-refractivity contribution in [2.24, 2.45) is 17.8 Å². The summed E-state index contributed by atoms with van der Waals surface area (Å²) in [5.41, 5.74) is 2.21. The molecule has 5 saturated heterocycles. The van der Waals surface area contributed by atoms with Gasteiger partial charge in [0.05, 0.1) is 60.8 Å². The van der Waals surface area contributed by atoms with E-state index in [0.717, 1.165) is 43.2 Å². The summed E-state index contributed by atoms with van der Waals surface area (Å²) >= 11 is -1.29. The van der Waals surface area contributed by atoms with Crippen molar-refractivity contribution in [1.82, 2.24) is 14.7 Å². The first kappa shape index (κ1) is 52.5. The topological polar surface area (TPSA) is 132 Å². The molecule has 14 rings (SSSR count). The first-order valence-electron chi connectivity index (χ1n) is 25.4. The van der Waals surface area contributed by atoms with Crippen LogP contribution in [0.4, 0.5) is 0 Å². The number of carbonyl (C=O) groups excluding carboxylic acids is 3. The minimum atomic E-state index is -1.36. The number of amides is 3. The van der Waals surface area contributed by atoms with Gasteiger partial charge in [-0.1, -0.05) is 127 Å². The predicted molar refractivity (Wildman–Crippen MR) is 273 cm³/mol. The molecule has 3 unspecified atom stereocenters. The molecule has 3 aliphatic carbocycles. The van der Waals surface area contributed by atoms with Crippen molar-refractivity contribution in [1.29, 1.82) is 0 Å². The first-order chi connectivity index (χ1) is 35.2. The second-order valence-corrected chi connectivity index (χ2v) is 22.9. The summed E-state index contributed by atoms with van der Waals surface area (Å²) in [7, 11) is 0.0646. The second kappa shape index (κ2) is 22.3. The number of carbonyl (C=O) groups is 3. The monoisotopic (exact) mass is 1050 g/mol. The van der Waals surface area contributed by atoms with Gasteiger partial charge in [-0.25, -0.2) is 4.21 Å². The van der Waals surface area contributed by atoms with Gasteiger partial charge in [0.1, 0.15) is 16.7 Å². The maximum Gasteiger partial charge on any atom is 1.00 e. The summed E-state index contributed by atoms with van der Waals surface area (Å²) in [5.74, 6) is 1.79. The molecule has 3 saturated carbocycles. The second-order valence-electron chi connectivity index (χ2n) is 20.0. The van der Waals surface area contributed by atoms with Crippen molar-refractivity contribution in [3.63, 3.8) is 0 Å². The SMILES string of the molecule is COS(=O)c1ccccc1.O=C1C(S(=O)c2ccccc2)C[C@@]2(C3CC3)OC[C@H](c3ccccc3)N12.O=C1C=C[C@@]2(C3CC3)OC[C@H](c3ccccc3)N12.O=C1CC[C@@]2(C3CC3)OC[C@H](c3ccccc3)N12.[H-].[K+]. The average Bonchev–Trinajstić information content (AvgIpc) is 4.41. The Kier molecular flexibility index (Phi) is 16.0. The fraction of sp³-hybridized carbons (Fsp3) is 0.397. The van der Waals surface area contributed by atoms with E-state index in [9.17, 15) is 22.8 Å². The molecule has 0 N–H and O–H groups in total.